The molecule has 21 heavy (non-hydrogen) atoms. The molecule has 114 valence electrons. The van der Waals surface area contributed by atoms with Crippen molar-refractivity contribution in [1.29, 1.82) is 5.26 Å². The number of nitriles is 1. The standard InChI is InChI=1S/C17H24N2O2/c1-13(2)5-4-6-14(3)19-17(20)12-21-16-9-7-15(11-18)8-10-16/h7-10,13-14H,4-6,12H2,1-3H3,(H,19,20)/t14-/m1/s1. The summed E-state index contributed by atoms with van der Waals surface area (Å²) in [6.07, 6.45) is 3.29. The lowest BCUT2D eigenvalue weighted by Crippen LogP contribution is -2.36. The molecule has 1 aromatic carbocycles. The highest BCUT2D eigenvalue weighted by atomic mass is 16.5. The average molecular weight is 288 g/mol. The maximum atomic E-state index is 11.8. The number of nitrogens with zero attached hydrogens (tertiary/aromatic N) is 1. The van der Waals surface area contributed by atoms with Crippen molar-refractivity contribution in [2.75, 3.05) is 6.61 Å². The molecule has 0 heterocycles. The summed E-state index contributed by atoms with van der Waals surface area (Å²) in [7, 11) is 0. The molecule has 0 unspecified atom stereocenters. The van der Waals surface area contributed by atoms with Crippen LogP contribution in [0.4, 0.5) is 0 Å². The van der Waals surface area contributed by atoms with Gasteiger partial charge in [-0.15, -0.1) is 0 Å². The Morgan fingerprint density at radius 2 is 1.90 bits per heavy atom. The zero-order valence-electron chi connectivity index (χ0n) is 13.1. The minimum atomic E-state index is -0.114. The van der Waals surface area contributed by atoms with Crippen molar-refractivity contribution in [1.82, 2.24) is 5.32 Å². The predicted octanol–water partition coefficient (Wildman–Crippen LogP) is 3.27. The van der Waals surface area contributed by atoms with Crippen LogP contribution in [0.1, 0.15) is 45.6 Å². The van der Waals surface area contributed by atoms with Gasteiger partial charge < -0.3 is 10.1 Å². The second kappa shape index (κ2) is 9.02. The Kier molecular flexibility index (Phi) is 7.31. The van der Waals surface area contributed by atoms with Gasteiger partial charge in [0.2, 0.25) is 0 Å². The van der Waals surface area contributed by atoms with E-state index >= 15 is 0 Å². The maximum Gasteiger partial charge on any atom is 0.258 e. The molecule has 4 nitrogen and oxygen atoms in total. The van der Waals surface area contributed by atoms with E-state index in [-0.39, 0.29) is 18.6 Å². The van der Waals surface area contributed by atoms with Crippen LogP contribution in [0, 0.1) is 17.2 Å². The summed E-state index contributed by atoms with van der Waals surface area (Å²) >= 11 is 0. The first kappa shape index (κ1) is 17.0. The van der Waals surface area contributed by atoms with Crippen LogP contribution in [0.25, 0.3) is 0 Å². The Morgan fingerprint density at radius 3 is 2.48 bits per heavy atom. The average Bonchev–Trinajstić information content (AvgIpc) is 2.45. The van der Waals surface area contributed by atoms with Gasteiger partial charge in [-0.05, 0) is 43.5 Å². The molecule has 0 aromatic heterocycles. The normalized spacial score (nSPS) is 11.8. The number of ether oxygens (including phenoxy) is 1. The number of rotatable bonds is 8. The van der Waals surface area contributed by atoms with Gasteiger partial charge in [0.05, 0.1) is 11.6 Å². The molecule has 1 N–H and O–H groups in total. The fraction of sp³-hybridized carbons (Fsp3) is 0.529. The Labute approximate surface area is 127 Å². The number of carbonyl (C=O) groups excluding carboxylic acids is 1. The van der Waals surface area contributed by atoms with Crippen LogP contribution in [-0.4, -0.2) is 18.6 Å². The zero-order valence-corrected chi connectivity index (χ0v) is 13.1. The molecule has 0 spiro atoms. The lowest BCUT2D eigenvalue weighted by Gasteiger charge is -2.15. The highest BCUT2D eigenvalue weighted by molar-refractivity contribution is 5.77. The van der Waals surface area contributed by atoms with Gasteiger partial charge in [0.25, 0.3) is 5.91 Å². The van der Waals surface area contributed by atoms with Gasteiger partial charge in [-0.2, -0.15) is 5.26 Å². The van der Waals surface area contributed by atoms with Crippen LogP contribution in [0.5, 0.6) is 5.75 Å². The van der Waals surface area contributed by atoms with E-state index in [4.69, 9.17) is 10.00 Å². The number of hydrogen-bond donors (Lipinski definition) is 1. The van der Waals surface area contributed by atoms with Gasteiger partial charge in [0, 0.05) is 6.04 Å². The quantitative estimate of drug-likeness (QED) is 0.798. The van der Waals surface area contributed by atoms with Gasteiger partial charge in [-0.1, -0.05) is 26.7 Å². The molecule has 0 radical (unpaired) electrons. The van der Waals surface area contributed by atoms with Crippen molar-refractivity contribution in [3.8, 4) is 11.8 Å². The van der Waals surface area contributed by atoms with Crippen LogP contribution in [0.15, 0.2) is 24.3 Å². The van der Waals surface area contributed by atoms with Crippen molar-refractivity contribution in [3.63, 3.8) is 0 Å². The second-order valence-corrected chi connectivity index (χ2v) is 5.72. The summed E-state index contributed by atoms with van der Waals surface area (Å²) in [5.74, 6) is 1.18. The summed E-state index contributed by atoms with van der Waals surface area (Å²) in [5, 5.41) is 11.6. The predicted molar refractivity (Wildman–Crippen MR) is 82.9 cm³/mol. The molecule has 0 saturated heterocycles. The molecule has 1 atom stereocenters. The molecule has 4 heteroatoms. The van der Waals surface area contributed by atoms with Crippen LogP contribution in [0.3, 0.4) is 0 Å². The van der Waals surface area contributed by atoms with E-state index in [1.807, 2.05) is 13.0 Å². The van der Waals surface area contributed by atoms with Crippen LogP contribution >= 0.6 is 0 Å². The molecular weight excluding hydrogens is 264 g/mol. The lowest BCUT2D eigenvalue weighted by molar-refractivity contribution is -0.123. The highest BCUT2D eigenvalue weighted by Crippen LogP contribution is 2.11. The van der Waals surface area contributed by atoms with Crippen molar-refractivity contribution < 1.29 is 9.53 Å². The van der Waals surface area contributed by atoms with E-state index in [2.05, 4.69) is 19.2 Å². The smallest absolute Gasteiger partial charge is 0.258 e. The number of carbonyl (C=O) groups is 1. The zero-order chi connectivity index (χ0) is 15.7. The lowest BCUT2D eigenvalue weighted by atomic mass is 10.0. The Balaban J connectivity index is 2.25. The number of hydrogen-bond acceptors (Lipinski definition) is 3. The van der Waals surface area contributed by atoms with Crippen LogP contribution in [0.2, 0.25) is 0 Å². The fourth-order valence-electron chi connectivity index (χ4n) is 2.00. The SMILES string of the molecule is CC(C)CCC[C@@H](C)NC(=O)COc1ccc(C#N)cc1. The number of nitrogens with one attached hydrogen (secondary N) is 1. The van der Waals surface area contributed by atoms with Crippen LogP contribution < -0.4 is 10.1 Å². The van der Waals surface area contributed by atoms with E-state index < -0.39 is 0 Å². The summed E-state index contributed by atoms with van der Waals surface area (Å²) in [4.78, 5) is 11.8. The van der Waals surface area contributed by atoms with Gasteiger partial charge in [-0.25, -0.2) is 0 Å². The fourth-order valence-corrected chi connectivity index (χ4v) is 2.00. The maximum absolute atomic E-state index is 11.8. The third kappa shape index (κ3) is 7.36. The molecule has 0 saturated carbocycles. The molecule has 0 fully saturated rings. The monoisotopic (exact) mass is 288 g/mol. The number of amides is 1. The molecule has 0 aliphatic rings. The first-order valence-electron chi connectivity index (χ1n) is 7.43. The van der Waals surface area contributed by atoms with E-state index in [1.165, 1.54) is 6.42 Å². The summed E-state index contributed by atoms with van der Waals surface area (Å²) < 4.78 is 5.39. The van der Waals surface area contributed by atoms with Gasteiger partial charge in [0.15, 0.2) is 6.61 Å². The summed E-state index contributed by atoms with van der Waals surface area (Å²) in [6.45, 7) is 6.42. The van der Waals surface area contributed by atoms with Gasteiger partial charge in [-0.3, -0.25) is 4.79 Å². The van der Waals surface area contributed by atoms with E-state index in [9.17, 15) is 4.79 Å². The highest BCUT2D eigenvalue weighted by Gasteiger charge is 2.08. The molecule has 0 bridgehead atoms. The molecule has 0 aliphatic heterocycles. The Morgan fingerprint density at radius 1 is 1.24 bits per heavy atom. The van der Waals surface area contributed by atoms with Gasteiger partial charge in [0.1, 0.15) is 5.75 Å². The molecule has 1 amide bonds. The van der Waals surface area contributed by atoms with Gasteiger partial charge >= 0.3 is 0 Å². The second-order valence-electron chi connectivity index (χ2n) is 5.72. The van der Waals surface area contributed by atoms with Crippen molar-refractivity contribution in [3.05, 3.63) is 29.8 Å². The molecule has 0 aliphatic carbocycles. The summed E-state index contributed by atoms with van der Waals surface area (Å²) in [5.41, 5.74) is 0.575. The van der Waals surface area contributed by atoms with E-state index in [1.54, 1.807) is 24.3 Å². The van der Waals surface area contributed by atoms with E-state index in [0.717, 1.165) is 12.8 Å². The van der Waals surface area contributed by atoms with Crippen molar-refractivity contribution in [2.24, 2.45) is 5.92 Å². The molecule has 1 rings (SSSR count). The van der Waals surface area contributed by atoms with Crippen molar-refractivity contribution in [2.45, 2.75) is 46.1 Å². The van der Waals surface area contributed by atoms with Crippen LogP contribution in [-0.2, 0) is 4.79 Å². The number of benzene rings is 1. The van der Waals surface area contributed by atoms with E-state index in [0.29, 0.717) is 17.2 Å². The first-order chi connectivity index (χ1) is 10.0. The minimum absolute atomic E-state index is 0.000417. The Hall–Kier alpha value is -2.02. The third-order valence-electron chi connectivity index (χ3n) is 3.18. The third-order valence-corrected chi connectivity index (χ3v) is 3.18. The largest absolute Gasteiger partial charge is 0.484 e. The first-order valence-corrected chi connectivity index (χ1v) is 7.43. The molecule has 1 aromatic rings. The Bertz CT molecular complexity index is 475. The topological polar surface area (TPSA) is 62.1 Å². The van der Waals surface area contributed by atoms with Crippen molar-refractivity contribution >= 4 is 5.91 Å². The summed E-state index contributed by atoms with van der Waals surface area (Å²) in [6, 6.07) is 8.93. The minimum Gasteiger partial charge on any atom is -0.484 e. The molecular formula is C17H24N2O2.